The number of hydrogen-bond acceptors (Lipinski definition) is 5. The first-order valence-corrected chi connectivity index (χ1v) is 8.92. The smallest absolute Gasteiger partial charge is 0.324 e. The Balaban J connectivity index is 1.85. The van der Waals surface area contributed by atoms with E-state index in [0.717, 1.165) is 4.68 Å². The number of aromatic nitrogens is 3. The van der Waals surface area contributed by atoms with Crippen LogP contribution in [0.3, 0.4) is 0 Å². The number of halogens is 1. The first-order valence-electron chi connectivity index (χ1n) is 8.54. The van der Waals surface area contributed by atoms with Gasteiger partial charge in [-0.3, -0.25) is 4.79 Å². The fraction of sp³-hybridized carbons (Fsp3) is 0.150. The summed E-state index contributed by atoms with van der Waals surface area (Å²) < 4.78 is 1.06. The minimum absolute atomic E-state index is 0.346. The normalized spacial score (nSPS) is 11.5. The van der Waals surface area contributed by atoms with Crippen LogP contribution in [0, 0.1) is 11.3 Å². The van der Waals surface area contributed by atoms with E-state index in [1.54, 1.807) is 55.5 Å². The molecular formula is C20H16ClN5O2. The highest BCUT2D eigenvalue weighted by molar-refractivity contribution is 6.30. The van der Waals surface area contributed by atoms with Crippen molar-refractivity contribution in [3.63, 3.8) is 0 Å². The van der Waals surface area contributed by atoms with Crippen molar-refractivity contribution >= 4 is 23.2 Å². The second-order valence-electron chi connectivity index (χ2n) is 5.98. The van der Waals surface area contributed by atoms with Gasteiger partial charge >= 0.3 is 5.69 Å². The Bertz CT molecular complexity index is 1100. The number of carbonyl (C=O) groups excluding carboxylic acids is 1. The molecule has 0 saturated heterocycles. The highest BCUT2D eigenvalue weighted by Gasteiger charge is 2.22. The van der Waals surface area contributed by atoms with Crippen molar-refractivity contribution in [3.05, 3.63) is 75.8 Å². The first kappa shape index (κ1) is 19.3. The van der Waals surface area contributed by atoms with Gasteiger partial charge < -0.3 is 5.32 Å². The molecule has 0 fully saturated rings. The molecule has 28 heavy (non-hydrogen) atoms. The number of rotatable bonds is 5. The molecule has 2 aromatic carbocycles. The number of nitriles is 1. The van der Waals surface area contributed by atoms with Gasteiger partial charge in [0.15, 0.2) is 0 Å². The summed E-state index contributed by atoms with van der Waals surface area (Å²) in [6.45, 7) is 1.77. The van der Waals surface area contributed by atoms with Gasteiger partial charge in [0, 0.05) is 16.3 Å². The zero-order valence-electron chi connectivity index (χ0n) is 15.0. The van der Waals surface area contributed by atoms with Crippen molar-refractivity contribution in [1.82, 2.24) is 14.8 Å². The molecule has 0 aliphatic carbocycles. The molecule has 0 unspecified atom stereocenters. The Morgan fingerprint density at radius 1 is 1.29 bits per heavy atom. The van der Waals surface area contributed by atoms with Gasteiger partial charge in [0.2, 0.25) is 5.91 Å². The standard InChI is InChI=1S/C20H16ClN5O2/c1-2-18(19(27)24-16-5-3-4-13(10-16)11-22)26-20(28)25-17(12-23-26)14-6-8-15(21)9-7-14/h3-10,12,18H,2H2,1H3,(H,24,27)/t18-/m0/s1. The lowest BCUT2D eigenvalue weighted by Crippen LogP contribution is -2.36. The van der Waals surface area contributed by atoms with Crippen LogP contribution in [0.25, 0.3) is 11.3 Å². The summed E-state index contributed by atoms with van der Waals surface area (Å²) in [5.41, 5.74) is 1.37. The van der Waals surface area contributed by atoms with E-state index < -0.39 is 17.6 Å². The topological polar surface area (TPSA) is 101 Å². The molecule has 1 N–H and O–H groups in total. The van der Waals surface area contributed by atoms with Crippen molar-refractivity contribution in [2.24, 2.45) is 0 Å². The predicted octanol–water partition coefficient (Wildman–Crippen LogP) is 3.42. The highest BCUT2D eigenvalue weighted by atomic mass is 35.5. The van der Waals surface area contributed by atoms with E-state index in [-0.39, 0.29) is 0 Å². The van der Waals surface area contributed by atoms with Gasteiger partial charge in [0.05, 0.1) is 23.5 Å². The van der Waals surface area contributed by atoms with E-state index >= 15 is 0 Å². The molecule has 3 aromatic rings. The summed E-state index contributed by atoms with van der Waals surface area (Å²) in [4.78, 5) is 29.2. The van der Waals surface area contributed by atoms with Crippen molar-refractivity contribution in [2.75, 3.05) is 5.32 Å². The molecule has 0 aliphatic rings. The molecule has 1 heterocycles. The van der Waals surface area contributed by atoms with E-state index in [4.69, 9.17) is 16.9 Å². The van der Waals surface area contributed by atoms with Crippen molar-refractivity contribution in [1.29, 1.82) is 5.26 Å². The number of amides is 1. The van der Waals surface area contributed by atoms with Gasteiger partial charge in [0.1, 0.15) is 6.04 Å². The molecule has 7 nitrogen and oxygen atoms in total. The number of nitrogens with one attached hydrogen (secondary N) is 1. The largest absolute Gasteiger partial charge is 0.365 e. The Kier molecular flexibility index (Phi) is 5.82. The van der Waals surface area contributed by atoms with E-state index in [2.05, 4.69) is 15.4 Å². The third kappa shape index (κ3) is 4.24. The molecule has 8 heteroatoms. The zero-order chi connectivity index (χ0) is 20.1. The number of hydrogen-bond donors (Lipinski definition) is 1. The number of carbonyl (C=O) groups is 1. The molecule has 3 rings (SSSR count). The van der Waals surface area contributed by atoms with Crippen LogP contribution in [-0.2, 0) is 4.79 Å². The molecule has 140 valence electrons. The third-order valence-corrected chi connectivity index (χ3v) is 4.35. The minimum atomic E-state index is -0.829. The van der Waals surface area contributed by atoms with E-state index in [9.17, 15) is 9.59 Å². The van der Waals surface area contributed by atoms with Crippen LogP contribution in [0.15, 0.2) is 59.5 Å². The Labute approximate surface area is 166 Å². The average Bonchev–Trinajstić information content (AvgIpc) is 2.70. The third-order valence-electron chi connectivity index (χ3n) is 4.10. The molecular weight excluding hydrogens is 378 g/mol. The maximum Gasteiger partial charge on any atom is 0.365 e. The van der Waals surface area contributed by atoms with Gasteiger partial charge in [-0.2, -0.15) is 15.3 Å². The van der Waals surface area contributed by atoms with Crippen LogP contribution in [-0.4, -0.2) is 20.7 Å². The van der Waals surface area contributed by atoms with Gasteiger partial charge in [-0.1, -0.05) is 36.7 Å². The molecule has 1 aromatic heterocycles. The Morgan fingerprint density at radius 3 is 2.68 bits per heavy atom. The first-order chi connectivity index (χ1) is 13.5. The van der Waals surface area contributed by atoms with Gasteiger partial charge in [-0.05, 0) is 36.8 Å². The molecule has 1 atom stereocenters. The lowest BCUT2D eigenvalue weighted by molar-refractivity contribution is -0.119. The average molecular weight is 394 g/mol. The summed E-state index contributed by atoms with van der Waals surface area (Å²) in [6, 6.07) is 14.6. The van der Waals surface area contributed by atoms with Crippen LogP contribution >= 0.6 is 11.6 Å². The summed E-state index contributed by atoms with van der Waals surface area (Å²) in [7, 11) is 0. The Hall–Kier alpha value is -3.50. The molecule has 1 amide bonds. The summed E-state index contributed by atoms with van der Waals surface area (Å²) in [5, 5.41) is 16.4. The molecule has 0 saturated carbocycles. The van der Waals surface area contributed by atoms with E-state index in [1.807, 2.05) is 6.07 Å². The van der Waals surface area contributed by atoms with Crippen LogP contribution in [0.1, 0.15) is 24.9 Å². The number of nitrogens with zero attached hydrogens (tertiary/aromatic N) is 4. The SMILES string of the molecule is CC[C@@H](C(=O)Nc1cccc(C#N)c1)n1ncc(-c2ccc(Cl)cc2)nc1=O. The molecule has 0 spiro atoms. The predicted molar refractivity (Wildman–Crippen MR) is 106 cm³/mol. The summed E-state index contributed by atoms with van der Waals surface area (Å²) in [6.07, 6.45) is 1.79. The van der Waals surface area contributed by atoms with E-state index in [0.29, 0.717) is 34.0 Å². The highest BCUT2D eigenvalue weighted by Crippen LogP contribution is 2.19. The van der Waals surface area contributed by atoms with Crippen molar-refractivity contribution < 1.29 is 4.79 Å². The van der Waals surface area contributed by atoms with Crippen molar-refractivity contribution in [2.45, 2.75) is 19.4 Å². The number of benzene rings is 2. The quantitative estimate of drug-likeness (QED) is 0.715. The maximum absolute atomic E-state index is 12.7. The monoisotopic (exact) mass is 393 g/mol. The lowest BCUT2D eigenvalue weighted by atomic mass is 10.1. The minimum Gasteiger partial charge on any atom is -0.324 e. The summed E-state index contributed by atoms with van der Waals surface area (Å²) in [5.74, 6) is -0.409. The van der Waals surface area contributed by atoms with E-state index in [1.165, 1.54) is 6.20 Å². The fourth-order valence-corrected chi connectivity index (χ4v) is 2.81. The molecule has 0 bridgehead atoms. The lowest BCUT2D eigenvalue weighted by Gasteiger charge is -2.16. The second kappa shape index (κ2) is 8.46. The molecule has 0 aliphatic heterocycles. The summed E-state index contributed by atoms with van der Waals surface area (Å²) >= 11 is 5.87. The Morgan fingerprint density at radius 2 is 2.04 bits per heavy atom. The van der Waals surface area contributed by atoms with Gasteiger partial charge in [0.25, 0.3) is 0 Å². The maximum atomic E-state index is 12.7. The van der Waals surface area contributed by atoms with Crippen molar-refractivity contribution in [3.8, 4) is 17.3 Å². The van der Waals surface area contributed by atoms with Crippen LogP contribution in [0.4, 0.5) is 5.69 Å². The van der Waals surface area contributed by atoms with Crippen LogP contribution < -0.4 is 11.0 Å². The van der Waals surface area contributed by atoms with Crippen LogP contribution in [0.5, 0.6) is 0 Å². The van der Waals surface area contributed by atoms with Gasteiger partial charge in [-0.25, -0.2) is 9.48 Å². The van der Waals surface area contributed by atoms with Crippen LogP contribution in [0.2, 0.25) is 5.02 Å². The fourth-order valence-electron chi connectivity index (χ4n) is 2.68. The number of anilines is 1. The van der Waals surface area contributed by atoms with Gasteiger partial charge in [-0.15, -0.1) is 0 Å². The second-order valence-corrected chi connectivity index (χ2v) is 6.42. The molecule has 0 radical (unpaired) electrons. The zero-order valence-corrected chi connectivity index (χ0v) is 15.7.